The molecule has 110 valence electrons. The number of halogens is 1. The molecule has 19 heavy (non-hydrogen) atoms. The van der Waals surface area contributed by atoms with E-state index in [1.807, 2.05) is 11.8 Å². The van der Waals surface area contributed by atoms with Crippen LogP contribution in [-0.4, -0.2) is 49.1 Å². The van der Waals surface area contributed by atoms with E-state index in [4.69, 9.17) is 5.73 Å². The number of carbonyl (C=O) groups excluding carboxylic acids is 2. The first-order chi connectivity index (χ1) is 8.61. The standard InChI is InChI=1S/C12H22N4O2.ClH/c1-2-3-10(15-12(13)18)11(17)16-6-8-4-14-5-9(8)7-16;/h8-10,14H,2-7H2,1H3,(H3,13,15,18);1H/t8-,9+,10-;/m1./s1. The van der Waals surface area contributed by atoms with E-state index in [0.717, 1.165) is 32.6 Å². The molecule has 0 aromatic heterocycles. The van der Waals surface area contributed by atoms with Crippen molar-refractivity contribution in [3.05, 3.63) is 0 Å². The molecule has 2 saturated heterocycles. The molecule has 2 aliphatic heterocycles. The molecule has 2 fully saturated rings. The van der Waals surface area contributed by atoms with E-state index in [0.29, 0.717) is 18.3 Å². The number of nitrogens with zero attached hydrogens (tertiary/aromatic N) is 1. The molecule has 3 amide bonds. The van der Waals surface area contributed by atoms with Gasteiger partial charge in [0.25, 0.3) is 0 Å². The minimum absolute atomic E-state index is 0. The lowest BCUT2D eigenvalue weighted by Crippen LogP contribution is -2.49. The zero-order valence-corrected chi connectivity index (χ0v) is 12.0. The average Bonchev–Trinajstić information content (AvgIpc) is 2.86. The smallest absolute Gasteiger partial charge is 0.312 e. The molecule has 0 aromatic carbocycles. The first-order valence-electron chi connectivity index (χ1n) is 6.67. The first kappa shape index (κ1) is 16.0. The summed E-state index contributed by atoms with van der Waals surface area (Å²) < 4.78 is 0. The number of rotatable bonds is 4. The topological polar surface area (TPSA) is 87.5 Å². The molecule has 0 bridgehead atoms. The summed E-state index contributed by atoms with van der Waals surface area (Å²) in [6.07, 6.45) is 1.49. The van der Waals surface area contributed by atoms with Crippen molar-refractivity contribution < 1.29 is 9.59 Å². The molecular weight excluding hydrogens is 268 g/mol. The van der Waals surface area contributed by atoms with Crippen LogP contribution < -0.4 is 16.4 Å². The highest BCUT2D eigenvalue weighted by Gasteiger charge is 2.39. The minimum atomic E-state index is -0.622. The fraction of sp³-hybridized carbons (Fsp3) is 0.833. The van der Waals surface area contributed by atoms with Gasteiger partial charge >= 0.3 is 6.03 Å². The number of primary amides is 1. The highest BCUT2D eigenvalue weighted by molar-refractivity contribution is 5.86. The third kappa shape index (κ3) is 3.73. The summed E-state index contributed by atoms with van der Waals surface area (Å²) >= 11 is 0. The highest BCUT2D eigenvalue weighted by atomic mass is 35.5. The molecule has 4 N–H and O–H groups in total. The number of hydrogen-bond acceptors (Lipinski definition) is 3. The largest absolute Gasteiger partial charge is 0.352 e. The summed E-state index contributed by atoms with van der Waals surface area (Å²) in [4.78, 5) is 25.1. The van der Waals surface area contributed by atoms with Gasteiger partial charge in [0.15, 0.2) is 0 Å². The Hall–Kier alpha value is -1.01. The van der Waals surface area contributed by atoms with Crippen LogP contribution in [0, 0.1) is 11.8 Å². The molecule has 3 atom stereocenters. The van der Waals surface area contributed by atoms with Crippen LogP contribution >= 0.6 is 12.4 Å². The van der Waals surface area contributed by atoms with Crippen molar-refractivity contribution in [2.45, 2.75) is 25.8 Å². The third-order valence-corrected chi connectivity index (χ3v) is 3.89. The van der Waals surface area contributed by atoms with Crippen LogP contribution in [0.4, 0.5) is 4.79 Å². The number of nitrogens with one attached hydrogen (secondary N) is 2. The minimum Gasteiger partial charge on any atom is -0.352 e. The van der Waals surface area contributed by atoms with Crippen molar-refractivity contribution in [1.29, 1.82) is 0 Å². The van der Waals surface area contributed by atoms with Crippen LogP contribution in [0.5, 0.6) is 0 Å². The van der Waals surface area contributed by atoms with Crippen molar-refractivity contribution in [3.8, 4) is 0 Å². The van der Waals surface area contributed by atoms with E-state index in [2.05, 4.69) is 10.6 Å². The zero-order chi connectivity index (χ0) is 13.1. The Morgan fingerprint density at radius 2 is 1.95 bits per heavy atom. The fourth-order valence-corrected chi connectivity index (χ4v) is 2.97. The van der Waals surface area contributed by atoms with Gasteiger partial charge in [-0.05, 0) is 18.3 Å². The second-order valence-corrected chi connectivity index (χ2v) is 5.27. The van der Waals surface area contributed by atoms with Crippen molar-refractivity contribution >= 4 is 24.3 Å². The van der Waals surface area contributed by atoms with Crippen LogP contribution in [0.1, 0.15) is 19.8 Å². The molecule has 0 unspecified atom stereocenters. The van der Waals surface area contributed by atoms with Crippen molar-refractivity contribution in [1.82, 2.24) is 15.5 Å². The van der Waals surface area contributed by atoms with E-state index < -0.39 is 12.1 Å². The van der Waals surface area contributed by atoms with Crippen molar-refractivity contribution in [2.24, 2.45) is 17.6 Å². The lowest BCUT2D eigenvalue weighted by Gasteiger charge is -2.24. The molecule has 7 heteroatoms. The average molecular weight is 291 g/mol. The Bertz CT molecular complexity index is 328. The number of amides is 3. The quantitative estimate of drug-likeness (QED) is 0.677. The number of likely N-dealkylation sites (tertiary alicyclic amines) is 1. The van der Waals surface area contributed by atoms with Gasteiger partial charge in [0, 0.05) is 26.2 Å². The molecule has 0 saturated carbocycles. The molecular formula is C12H23ClN4O2. The van der Waals surface area contributed by atoms with Gasteiger partial charge in [-0.2, -0.15) is 0 Å². The van der Waals surface area contributed by atoms with Crippen LogP contribution in [0.25, 0.3) is 0 Å². The summed E-state index contributed by atoms with van der Waals surface area (Å²) in [7, 11) is 0. The second kappa shape index (κ2) is 6.96. The Labute approximate surface area is 119 Å². The van der Waals surface area contributed by atoms with Crippen LogP contribution in [-0.2, 0) is 4.79 Å². The Balaban J connectivity index is 0.00000180. The van der Waals surface area contributed by atoms with Gasteiger partial charge in [0.05, 0.1) is 0 Å². The van der Waals surface area contributed by atoms with Gasteiger partial charge < -0.3 is 21.3 Å². The molecule has 2 aliphatic rings. The van der Waals surface area contributed by atoms with Gasteiger partial charge in [-0.1, -0.05) is 13.3 Å². The van der Waals surface area contributed by atoms with Gasteiger partial charge in [0.1, 0.15) is 6.04 Å². The number of urea groups is 1. The second-order valence-electron chi connectivity index (χ2n) is 5.27. The van der Waals surface area contributed by atoms with Gasteiger partial charge in [-0.25, -0.2) is 4.79 Å². The summed E-state index contributed by atoms with van der Waals surface area (Å²) in [5.41, 5.74) is 5.12. The highest BCUT2D eigenvalue weighted by Crippen LogP contribution is 2.26. The van der Waals surface area contributed by atoms with E-state index >= 15 is 0 Å². The maximum atomic E-state index is 12.3. The molecule has 0 spiro atoms. The zero-order valence-electron chi connectivity index (χ0n) is 11.2. The summed E-state index contributed by atoms with van der Waals surface area (Å²) in [5.74, 6) is 1.17. The Kier molecular flexibility index (Phi) is 5.87. The molecule has 0 aromatic rings. The molecule has 0 radical (unpaired) electrons. The number of hydrogen-bond donors (Lipinski definition) is 3. The molecule has 0 aliphatic carbocycles. The summed E-state index contributed by atoms with van der Waals surface area (Å²) in [5, 5.41) is 5.90. The van der Waals surface area contributed by atoms with Gasteiger partial charge in [-0.3, -0.25) is 4.79 Å². The first-order valence-corrected chi connectivity index (χ1v) is 6.67. The van der Waals surface area contributed by atoms with Gasteiger partial charge in [0.2, 0.25) is 5.91 Å². The van der Waals surface area contributed by atoms with E-state index in [-0.39, 0.29) is 18.3 Å². The lowest BCUT2D eigenvalue weighted by molar-refractivity contribution is -0.132. The maximum absolute atomic E-state index is 12.3. The third-order valence-electron chi connectivity index (χ3n) is 3.89. The van der Waals surface area contributed by atoms with Crippen LogP contribution in [0.15, 0.2) is 0 Å². The summed E-state index contributed by atoms with van der Waals surface area (Å²) in [6, 6.07) is -1.08. The number of fused-ring (bicyclic) bond motifs is 1. The molecule has 2 heterocycles. The molecule has 2 rings (SSSR count). The van der Waals surface area contributed by atoms with E-state index in [1.54, 1.807) is 0 Å². The van der Waals surface area contributed by atoms with E-state index in [1.165, 1.54) is 0 Å². The predicted molar refractivity (Wildman–Crippen MR) is 75.1 cm³/mol. The summed E-state index contributed by atoms with van der Waals surface area (Å²) in [6.45, 7) is 5.59. The lowest BCUT2D eigenvalue weighted by atomic mass is 10.0. The van der Waals surface area contributed by atoms with Gasteiger partial charge in [-0.15, -0.1) is 12.4 Å². The monoisotopic (exact) mass is 290 g/mol. The SMILES string of the molecule is CCC[C@@H](NC(N)=O)C(=O)N1C[C@H]2CNC[C@H]2C1.Cl. The maximum Gasteiger partial charge on any atom is 0.312 e. The van der Waals surface area contributed by atoms with Crippen molar-refractivity contribution in [3.63, 3.8) is 0 Å². The van der Waals surface area contributed by atoms with Crippen LogP contribution in [0.3, 0.4) is 0 Å². The van der Waals surface area contributed by atoms with Crippen molar-refractivity contribution in [2.75, 3.05) is 26.2 Å². The van der Waals surface area contributed by atoms with Crippen LogP contribution in [0.2, 0.25) is 0 Å². The fourth-order valence-electron chi connectivity index (χ4n) is 2.97. The number of carbonyl (C=O) groups is 2. The number of nitrogens with two attached hydrogens (primary N) is 1. The predicted octanol–water partition coefficient (Wildman–Crippen LogP) is -0.0770. The normalized spacial score (nSPS) is 26.5. The molecule has 6 nitrogen and oxygen atoms in total. The van der Waals surface area contributed by atoms with E-state index in [9.17, 15) is 9.59 Å². The Morgan fingerprint density at radius 3 is 2.42 bits per heavy atom. The Morgan fingerprint density at radius 1 is 1.37 bits per heavy atom.